The molecule has 0 aromatic carbocycles. The quantitative estimate of drug-likeness (QED) is 0.229. The van der Waals surface area contributed by atoms with Gasteiger partial charge in [-0.3, -0.25) is 14.5 Å². The molecule has 4 aromatic rings. The van der Waals surface area contributed by atoms with Crippen LogP contribution in [-0.2, 0) is 11.3 Å². The molecule has 14 nitrogen and oxygen atoms in total. The molecular weight excluding hydrogens is 521 g/mol. The molecule has 0 aliphatic heterocycles. The minimum absolute atomic E-state index is 0.000585. The van der Waals surface area contributed by atoms with Crippen LogP contribution in [0.3, 0.4) is 0 Å². The summed E-state index contributed by atoms with van der Waals surface area (Å²) in [7, 11) is 0. The number of carbonyl (C=O) groups excluding carboxylic acids is 2. The van der Waals surface area contributed by atoms with E-state index in [1.807, 2.05) is 0 Å². The Balaban J connectivity index is 1.61. The number of nitrogens with zero attached hydrogens (tertiary/aromatic N) is 7. The zero-order valence-corrected chi connectivity index (χ0v) is 22.4. The summed E-state index contributed by atoms with van der Waals surface area (Å²) < 4.78 is 22.1. The summed E-state index contributed by atoms with van der Waals surface area (Å²) in [4.78, 5) is 34.5. The molecule has 0 aliphatic rings. The van der Waals surface area contributed by atoms with Crippen molar-refractivity contribution in [1.29, 1.82) is 0 Å². The highest BCUT2D eigenvalue weighted by Gasteiger charge is 2.22. The summed E-state index contributed by atoms with van der Waals surface area (Å²) in [6, 6.07) is 3.87. The van der Waals surface area contributed by atoms with Gasteiger partial charge < -0.3 is 26.4 Å². The second-order valence-electron chi connectivity index (χ2n) is 9.80. The summed E-state index contributed by atoms with van der Waals surface area (Å²) in [5.74, 6) is -1.87. The summed E-state index contributed by atoms with van der Waals surface area (Å²) in [6.45, 7) is 7.35. The number of alkyl carbamates (subject to hydrolysis) is 1. The van der Waals surface area contributed by atoms with Gasteiger partial charge in [-0.25, -0.2) is 14.2 Å². The lowest BCUT2D eigenvalue weighted by atomic mass is 10.2. The molecule has 0 unspecified atom stereocenters. The number of nitrogens with two attached hydrogens (primary N) is 1. The fourth-order valence-corrected chi connectivity index (χ4v) is 3.65. The number of nitrogens with one attached hydrogen (secondary N) is 3. The molecule has 4 aromatic heterocycles. The molecule has 2 amide bonds. The van der Waals surface area contributed by atoms with Crippen molar-refractivity contribution in [3.63, 3.8) is 0 Å². The van der Waals surface area contributed by atoms with E-state index in [-0.39, 0.29) is 30.3 Å². The number of aryl methyl sites for hydroxylation is 1. The number of hydrogen-bond acceptors (Lipinski definition) is 10. The van der Waals surface area contributed by atoms with Crippen LogP contribution in [0.2, 0.25) is 0 Å². The summed E-state index contributed by atoms with van der Waals surface area (Å²) >= 11 is 0. The van der Waals surface area contributed by atoms with Crippen LogP contribution in [0, 0.1) is 12.7 Å². The smallest absolute Gasteiger partial charge is 0.407 e. The largest absolute Gasteiger partial charge is 0.444 e. The Labute approximate surface area is 229 Å². The van der Waals surface area contributed by atoms with Crippen LogP contribution >= 0.6 is 0 Å². The van der Waals surface area contributed by atoms with E-state index in [4.69, 9.17) is 10.5 Å². The lowest BCUT2D eigenvalue weighted by molar-refractivity contribution is 0.0524. The number of hydrogen-bond donors (Lipinski definition) is 4. The SMILES string of the molecule is Cc1ncc(Nc2nc(N[C@@H](CNC(=O)OC(C)(C)C)Cn3cccn3)c(F)cc2C(N)=O)cc1-n1nccn1. The van der Waals surface area contributed by atoms with Crippen molar-refractivity contribution in [3.8, 4) is 5.69 Å². The first-order valence-corrected chi connectivity index (χ1v) is 12.3. The maximum Gasteiger partial charge on any atom is 0.407 e. The summed E-state index contributed by atoms with van der Waals surface area (Å²) in [5.41, 5.74) is 6.35. The molecule has 15 heteroatoms. The molecule has 4 rings (SSSR count). The van der Waals surface area contributed by atoms with Gasteiger partial charge in [-0.15, -0.1) is 4.80 Å². The summed E-state index contributed by atoms with van der Waals surface area (Å²) in [6.07, 6.45) is 7.28. The molecule has 0 saturated heterocycles. The zero-order chi connectivity index (χ0) is 28.9. The second-order valence-corrected chi connectivity index (χ2v) is 9.80. The number of carbonyl (C=O) groups is 2. The van der Waals surface area contributed by atoms with Gasteiger partial charge in [0.15, 0.2) is 11.6 Å². The van der Waals surface area contributed by atoms with E-state index in [1.165, 1.54) is 23.4 Å². The van der Waals surface area contributed by atoms with Crippen molar-refractivity contribution in [2.24, 2.45) is 5.73 Å². The number of amides is 2. The molecule has 0 bridgehead atoms. The predicted octanol–water partition coefficient (Wildman–Crippen LogP) is 2.55. The van der Waals surface area contributed by atoms with Crippen LogP contribution in [0.4, 0.5) is 26.5 Å². The standard InChI is InChI=1S/C25H30FN11O3/c1-15-20(37-31-7-8-32-37)10-16(12-28-15)33-22-18(21(27)38)11-19(26)23(35-22)34-17(14-36-9-5-6-30-36)13-29-24(39)40-25(2,3)4/h5-12,17H,13-14H2,1-4H3,(H2,27,38)(H,29,39)(H2,33,34,35)/t17-/m0/s1. The van der Waals surface area contributed by atoms with Gasteiger partial charge in [0.05, 0.1) is 48.1 Å². The molecule has 210 valence electrons. The Hall–Kier alpha value is -5.08. The molecule has 0 spiro atoms. The van der Waals surface area contributed by atoms with Crippen LogP contribution in [0.25, 0.3) is 5.69 Å². The molecule has 1 atom stereocenters. The Morgan fingerprint density at radius 2 is 1.88 bits per heavy atom. The highest BCUT2D eigenvalue weighted by Crippen LogP contribution is 2.25. The molecule has 0 fully saturated rings. The van der Waals surface area contributed by atoms with Crippen LogP contribution in [0.15, 0.2) is 49.2 Å². The van der Waals surface area contributed by atoms with Gasteiger partial charge in [-0.1, -0.05) is 0 Å². The predicted molar refractivity (Wildman–Crippen MR) is 144 cm³/mol. The Bertz CT molecular complexity index is 1470. The zero-order valence-electron chi connectivity index (χ0n) is 22.4. The van der Waals surface area contributed by atoms with Gasteiger partial charge in [0.25, 0.3) is 5.91 Å². The third-order valence-electron chi connectivity index (χ3n) is 5.40. The lowest BCUT2D eigenvalue weighted by Crippen LogP contribution is -2.41. The van der Waals surface area contributed by atoms with Gasteiger partial charge >= 0.3 is 6.09 Å². The fraction of sp³-hybridized carbons (Fsp3) is 0.320. The van der Waals surface area contributed by atoms with E-state index in [9.17, 15) is 9.59 Å². The molecule has 4 heterocycles. The fourth-order valence-electron chi connectivity index (χ4n) is 3.65. The van der Waals surface area contributed by atoms with Crippen molar-refractivity contribution in [2.75, 3.05) is 17.2 Å². The van der Waals surface area contributed by atoms with Crippen molar-refractivity contribution in [1.82, 2.24) is 40.1 Å². The van der Waals surface area contributed by atoms with E-state index in [0.29, 0.717) is 17.1 Å². The average molecular weight is 552 g/mol. The molecular formula is C25H30FN11O3. The maximum absolute atomic E-state index is 15.2. The first-order valence-electron chi connectivity index (χ1n) is 12.3. The number of pyridine rings is 2. The molecule has 0 saturated carbocycles. The van der Waals surface area contributed by atoms with E-state index >= 15 is 4.39 Å². The Morgan fingerprint density at radius 3 is 2.52 bits per heavy atom. The van der Waals surface area contributed by atoms with E-state index < -0.39 is 29.5 Å². The van der Waals surface area contributed by atoms with Crippen molar-refractivity contribution >= 4 is 29.3 Å². The normalized spacial score (nSPS) is 12.0. The van der Waals surface area contributed by atoms with Crippen molar-refractivity contribution in [3.05, 3.63) is 66.3 Å². The first kappa shape index (κ1) is 27.9. The maximum atomic E-state index is 15.2. The minimum atomic E-state index is -0.880. The monoisotopic (exact) mass is 551 g/mol. The number of rotatable bonds is 10. The van der Waals surface area contributed by atoms with Gasteiger partial charge in [0.2, 0.25) is 0 Å². The number of halogens is 1. The molecule has 0 radical (unpaired) electrons. The van der Waals surface area contributed by atoms with Gasteiger partial charge in [0, 0.05) is 18.9 Å². The van der Waals surface area contributed by atoms with Gasteiger partial charge in [-0.05, 0) is 45.9 Å². The lowest BCUT2D eigenvalue weighted by Gasteiger charge is -2.23. The molecule has 40 heavy (non-hydrogen) atoms. The Morgan fingerprint density at radius 1 is 1.12 bits per heavy atom. The van der Waals surface area contributed by atoms with Crippen LogP contribution in [0.1, 0.15) is 36.8 Å². The highest BCUT2D eigenvalue weighted by molar-refractivity contribution is 5.98. The van der Waals surface area contributed by atoms with Crippen LogP contribution in [0.5, 0.6) is 0 Å². The molecule has 0 aliphatic carbocycles. The summed E-state index contributed by atoms with van der Waals surface area (Å²) in [5, 5.41) is 21.1. The van der Waals surface area contributed by atoms with E-state index in [0.717, 1.165) is 6.07 Å². The van der Waals surface area contributed by atoms with E-state index in [2.05, 4.69) is 41.2 Å². The van der Waals surface area contributed by atoms with Gasteiger partial charge in [0.1, 0.15) is 17.1 Å². The topological polar surface area (TPSA) is 180 Å². The number of ether oxygens (including phenoxy) is 1. The third-order valence-corrected chi connectivity index (χ3v) is 5.40. The van der Waals surface area contributed by atoms with E-state index in [1.54, 1.807) is 56.9 Å². The minimum Gasteiger partial charge on any atom is -0.444 e. The highest BCUT2D eigenvalue weighted by atomic mass is 19.1. The van der Waals surface area contributed by atoms with Crippen LogP contribution < -0.4 is 21.7 Å². The number of anilines is 3. The average Bonchev–Trinajstić information content (AvgIpc) is 3.59. The van der Waals surface area contributed by atoms with Crippen molar-refractivity contribution in [2.45, 2.75) is 45.9 Å². The van der Waals surface area contributed by atoms with Crippen LogP contribution in [-0.4, -0.2) is 64.9 Å². The number of aromatic nitrogens is 7. The molecule has 5 N–H and O–H groups in total. The Kier molecular flexibility index (Phi) is 8.21. The number of primary amides is 1. The first-order chi connectivity index (χ1) is 19.0. The second kappa shape index (κ2) is 11.8. The van der Waals surface area contributed by atoms with Gasteiger partial charge in [-0.2, -0.15) is 15.3 Å². The third kappa shape index (κ3) is 7.27. The van der Waals surface area contributed by atoms with Crippen molar-refractivity contribution < 1.29 is 18.7 Å².